The lowest BCUT2D eigenvalue weighted by atomic mass is 9.97. The molecule has 4 rings (SSSR count). The van der Waals surface area contributed by atoms with Crippen molar-refractivity contribution in [2.24, 2.45) is 0 Å². The summed E-state index contributed by atoms with van der Waals surface area (Å²) in [6.45, 7) is 2.04. The van der Waals surface area contributed by atoms with Crippen LogP contribution >= 0.6 is 11.6 Å². The first-order chi connectivity index (χ1) is 18.9. The van der Waals surface area contributed by atoms with Crippen LogP contribution in [-0.4, -0.2) is 6.11 Å². The average molecular weight is 583 g/mol. The molecule has 0 radical (unpaired) electrons. The molecule has 0 N–H and O–H groups in total. The van der Waals surface area contributed by atoms with E-state index in [4.69, 9.17) is 11.6 Å². The third-order valence-electron chi connectivity index (χ3n) is 5.89. The number of benzene rings is 4. The van der Waals surface area contributed by atoms with Crippen LogP contribution in [0.1, 0.15) is 24.5 Å². The van der Waals surface area contributed by atoms with Gasteiger partial charge in [0.05, 0.1) is 5.02 Å². The van der Waals surface area contributed by atoms with Crippen LogP contribution in [0.3, 0.4) is 0 Å². The summed E-state index contributed by atoms with van der Waals surface area (Å²) in [4.78, 5) is 0. The van der Waals surface area contributed by atoms with Crippen LogP contribution in [0, 0.1) is 34.9 Å². The Bertz CT molecular complexity index is 1510. The van der Waals surface area contributed by atoms with Crippen molar-refractivity contribution in [3.05, 3.63) is 118 Å². The summed E-state index contributed by atoms with van der Waals surface area (Å²) in [5.74, 6) is -10.0. The minimum atomic E-state index is -4.30. The van der Waals surface area contributed by atoms with E-state index in [0.29, 0.717) is 17.2 Å². The summed E-state index contributed by atoms with van der Waals surface area (Å²) in [5, 5.41) is -0.131. The Labute approximate surface area is 229 Å². The van der Waals surface area contributed by atoms with E-state index in [1.165, 1.54) is 12.1 Å². The van der Waals surface area contributed by atoms with E-state index in [1.54, 1.807) is 12.1 Å². The summed E-state index contributed by atoms with van der Waals surface area (Å²) < 4.78 is 117. The molecule has 0 aliphatic heterocycles. The van der Waals surface area contributed by atoms with Crippen LogP contribution in [0.15, 0.2) is 66.7 Å². The van der Waals surface area contributed by atoms with E-state index in [-0.39, 0.29) is 34.4 Å². The van der Waals surface area contributed by atoms with Crippen molar-refractivity contribution in [1.82, 2.24) is 0 Å². The molecule has 208 valence electrons. The Morgan fingerprint density at radius 1 is 0.725 bits per heavy atom. The maximum atomic E-state index is 15.1. The fourth-order valence-electron chi connectivity index (χ4n) is 4.02. The minimum absolute atomic E-state index is 0.0680. The Balaban J connectivity index is 1.60. The number of alkyl halides is 2. The molecule has 0 fully saturated rings. The average Bonchev–Trinajstić information content (AvgIpc) is 2.86. The number of ether oxygens (including phenoxy) is 1. The van der Waals surface area contributed by atoms with Gasteiger partial charge in [0, 0.05) is 29.3 Å². The van der Waals surface area contributed by atoms with Crippen molar-refractivity contribution >= 4 is 17.7 Å². The smallest absolute Gasteiger partial charge is 0.419 e. The standard InChI is InChI=1S/C30H19ClF8O/c1-2-3-16-4-6-17(7-5-16)18-10-22(31)28(25(34)11-18)19-12-23(32)21(24(33)13-19)8-9-30(38,39)40-20-14-26(35)29(37)27(36)15-20/h4-15H,2-3H2,1H3. The molecule has 1 nitrogen and oxygen atoms in total. The molecule has 4 aromatic carbocycles. The lowest BCUT2D eigenvalue weighted by molar-refractivity contribution is -0.131. The predicted octanol–water partition coefficient (Wildman–Crippen LogP) is 10.1. The molecule has 0 bridgehead atoms. The highest BCUT2D eigenvalue weighted by atomic mass is 35.5. The molecule has 0 saturated carbocycles. The zero-order valence-corrected chi connectivity index (χ0v) is 21.4. The molecule has 40 heavy (non-hydrogen) atoms. The lowest BCUT2D eigenvalue weighted by Gasteiger charge is -2.15. The van der Waals surface area contributed by atoms with E-state index >= 15 is 4.39 Å². The monoisotopic (exact) mass is 582 g/mol. The number of halogens is 9. The quantitative estimate of drug-likeness (QED) is 0.148. The summed E-state index contributed by atoms with van der Waals surface area (Å²) in [6, 6.07) is 11.8. The van der Waals surface area contributed by atoms with Gasteiger partial charge in [-0.05, 0) is 59.0 Å². The maximum Gasteiger partial charge on any atom is 0.419 e. The molecule has 0 atom stereocenters. The number of rotatable bonds is 8. The second-order valence-corrected chi connectivity index (χ2v) is 9.22. The van der Waals surface area contributed by atoms with Gasteiger partial charge < -0.3 is 4.74 Å². The van der Waals surface area contributed by atoms with Gasteiger partial charge in [0.15, 0.2) is 17.5 Å². The Morgan fingerprint density at radius 3 is 1.85 bits per heavy atom. The van der Waals surface area contributed by atoms with Gasteiger partial charge in [0.25, 0.3) is 0 Å². The highest BCUT2D eigenvalue weighted by molar-refractivity contribution is 6.33. The third kappa shape index (κ3) is 6.47. The van der Waals surface area contributed by atoms with E-state index in [1.807, 2.05) is 19.1 Å². The summed E-state index contributed by atoms with van der Waals surface area (Å²) in [5.41, 5.74) is 0.730. The first-order valence-corrected chi connectivity index (χ1v) is 12.2. The maximum absolute atomic E-state index is 15.1. The molecule has 0 saturated heterocycles. The highest BCUT2D eigenvalue weighted by Gasteiger charge is 2.29. The van der Waals surface area contributed by atoms with Crippen molar-refractivity contribution in [2.45, 2.75) is 25.9 Å². The second-order valence-electron chi connectivity index (χ2n) is 8.81. The van der Waals surface area contributed by atoms with Gasteiger partial charge in [-0.2, -0.15) is 8.78 Å². The van der Waals surface area contributed by atoms with Crippen molar-refractivity contribution < 1.29 is 39.9 Å². The van der Waals surface area contributed by atoms with Crippen molar-refractivity contribution in [1.29, 1.82) is 0 Å². The number of aryl methyl sites for hydroxylation is 1. The van der Waals surface area contributed by atoms with Crippen LogP contribution in [0.25, 0.3) is 28.3 Å². The largest absolute Gasteiger partial charge is 0.429 e. The zero-order valence-electron chi connectivity index (χ0n) is 20.7. The highest BCUT2D eigenvalue weighted by Crippen LogP contribution is 2.37. The van der Waals surface area contributed by atoms with Crippen LogP contribution in [0.5, 0.6) is 5.75 Å². The number of hydrogen-bond donors (Lipinski definition) is 0. The van der Waals surface area contributed by atoms with E-state index in [0.717, 1.165) is 30.5 Å². The van der Waals surface area contributed by atoms with Gasteiger partial charge >= 0.3 is 6.11 Å². The molecule has 0 aromatic heterocycles. The molecule has 0 aliphatic carbocycles. The van der Waals surface area contributed by atoms with E-state index in [9.17, 15) is 30.7 Å². The van der Waals surface area contributed by atoms with E-state index in [2.05, 4.69) is 4.74 Å². The first-order valence-electron chi connectivity index (χ1n) is 11.9. The van der Waals surface area contributed by atoms with Crippen LogP contribution in [0.4, 0.5) is 35.1 Å². The summed E-state index contributed by atoms with van der Waals surface area (Å²) >= 11 is 6.28. The second kappa shape index (κ2) is 11.7. The Morgan fingerprint density at radius 2 is 1.30 bits per heavy atom. The van der Waals surface area contributed by atoms with Crippen LogP contribution in [0.2, 0.25) is 5.02 Å². The van der Waals surface area contributed by atoms with Crippen molar-refractivity contribution in [2.75, 3.05) is 0 Å². The van der Waals surface area contributed by atoms with Gasteiger partial charge in [0.1, 0.15) is 23.2 Å². The molecule has 0 heterocycles. The first kappa shape index (κ1) is 29.1. The van der Waals surface area contributed by atoms with Crippen LogP contribution in [-0.2, 0) is 6.42 Å². The van der Waals surface area contributed by atoms with Crippen LogP contribution < -0.4 is 4.74 Å². The molecule has 0 unspecified atom stereocenters. The summed E-state index contributed by atoms with van der Waals surface area (Å²) in [7, 11) is 0. The minimum Gasteiger partial charge on any atom is -0.429 e. The number of hydrogen-bond acceptors (Lipinski definition) is 1. The molecule has 4 aromatic rings. The Hall–Kier alpha value is -3.85. The van der Waals surface area contributed by atoms with Gasteiger partial charge in [-0.1, -0.05) is 49.2 Å². The van der Waals surface area contributed by atoms with Gasteiger partial charge in [-0.25, -0.2) is 26.3 Å². The molecular formula is C30H19ClF8O. The van der Waals surface area contributed by atoms with E-state index < -0.39 is 52.3 Å². The lowest BCUT2D eigenvalue weighted by Crippen LogP contribution is -2.21. The van der Waals surface area contributed by atoms with Gasteiger partial charge in [-0.15, -0.1) is 0 Å². The zero-order chi connectivity index (χ0) is 29.2. The molecule has 0 aliphatic rings. The molecule has 0 amide bonds. The van der Waals surface area contributed by atoms with Crippen molar-refractivity contribution in [3.8, 4) is 28.0 Å². The van der Waals surface area contributed by atoms with Crippen molar-refractivity contribution in [3.63, 3.8) is 0 Å². The molecule has 0 spiro atoms. The van der Waals surface area contributed by atoms with Gasteiger partial charge in [0.2, 0.25) is 0 Å². The summed E-state index contributed by atoms with van der Waals surface area (Å²) in [6.07, 6.45) is -2.18. The topological polar surface area (TPSA) is 9.23 Å². The predicted molar refractivity (Wildman–Crippen MR) is 137 cm³/mol. The normalized spacial score (nSPS) is 11.8. The third-order valence-corrected chi connectivity index (χ3v) is 6.19. The molecule has 10 heteroatoms. The fraction of sp³-hybridized carbons (Fsp3) is 0.133. The molecular weight excluding hydrogens is 564 g/mol. The fourth-order valence-corrected chi connectivity index (χ4v) is 4.34. The Kier molecular flexibility index (Phi) is 8.54. The van der Waals surface area contributed by atoms with Gasteiger partial charge in [-0.3, -0.25) is 0 Å². The SMILES string of the molecule is CCCc1ccc(-c2cc(F)c(-c3cc(F)c(C=CC(F)(F)Oc4cc(F)c(F)c(F)c4)c(F)c3)c(Cl)c2)cc1.